The molecule has 0 unspecified atom stereocenters. The summed E-state index contributed by atoms with van der Waals surface area (Å²) in [5, 5.41) is 0. The van der Waals surface area contributed by atoms with Crippen LogP contribution in [-0.2, 0) is 4.79 Å². The van der Waals surface area contributed by atoms with E-state index in [0.29, 0.717) is 17.9 Å². The highest BCUT2D eigenvalue weighted by Crippen LogP contribution is 2.33. The average molecular weight is 286 g/mol. The second-order valence-electron chi connectivity index (χ2n) is 6.38. The van der Waals surface area contributed by atoms with E-state index in [0.717, 1.165) is 57.9 Å². The fourth-order valence-corrected chi connectivity index (χ4v) is 3.31. The van der Waals surface area contributed by atoms with Crippen LogP contribution in [0.3, 0.4) is 0 Å². The minimum Gasteiger partial charge on any atom is -0.354 e. The van der Waals surface area contributed by atoms with Gasteiger partial charge >= 0.3 is 0 Å². The number of anilines is 1. The first-order chi connectivity index (χ1) is 10.3. The number of aromatic nitrogens is 1. The van der Waals surface area contributed by atoms with E-state index in [2.05, 4.69) is 20.9 Å². The fraction of sp³-hybridized carbons (Fsp3) is 0.625. The van der Waals surface area contributed by atoms with E-state index in [-0.39, 0.29) is 0 Å². The van der Waals surface area contributed by atoms with Crippen molar-refractivity contribution in [1.82, 2.24) is 14.8 Å². The first-order valence-corrected chi connectivity index (χ1v) is 8.00. The molecule has 112 valence electrons. The lowest BCUT2D eigenvalue weighted by Crippen LogP contribution is -2.64. The minimum absolute atomic E-state index is 0.368. The predicted molar refractivity (Wildman–Crippen MR) is 81.1 cm³/mol. The normalized spacial score (nSPS) is 24.0. The molecule has 2 aliphatic heterocycles. The molecule has 0 bridgehead atoms. The van der Waals surface area contributed by atoms with E-state index in [1.807, 2.05) is 23.2 Å². The fourth-order valence-electron chi connectivity index (χ4n) is 3.31. The van der Waals surface area contributed by atoms with Gasteiger partial charge in [0.1, 0.15) is 5.82 Å². The Morgan fingerprint density at radius 3 is 2.48 bits per heavy atom. The van der Waals surface area contributed by atoms with Gasteiger partial charge in [0.25, 0.3) is 0 Å². The molecule has 1 amide bonds. The number of nitrogens with zero attached hydrogens (tertiary/aromatic N) is 4. The Morgan fingerprint density at radius 2 is 1.86 bits per heavy atom. The molecule has 1 aliphatic carbocycles. The van der Waals surface area contributed by atoms with Crippen LogP contribution in [0.4, 0.5) is 5.82 Å². The summed E-state index contributed by atoms with van der Waals surface area (Å²) in [4.78, 5) is 23.3. The van der Waals surface area contributed by atoms with Crippen molar-refractivity contribution in [2.75, 3.05) is 44.2 Å². The Morgan fingerprint density at radius 1 is 1.10 bits per heavy atom. The van der Waals surface area contributed by atoms with Gasteiger partial charge in [-0.05, 0) is 25.0 Å². The number of hydrogen-bond donors (Lipinski definition) is 0. The maximum atomic E-state index is 11.9. The van der Waals surface area contributed by atoms with Crippen LogP contribution in [-0.4, -0.2) is 66.0 Å². The van der Waals surface area contributed by atoms with E-state index < -0.39 is 0 Å². The van der Waals surface area contributed by atoms with Crippen molar-refractivity contribution in [3.63, 3.8) is 0 Å². The van der Waals surface area contributed by atoms with Gasteiger partial charge in [0.15, 0.2) is 0 Å². The molecule has 1 saturated carbocycles. The Kier molecular flexibility index (Phi) is 3.30. The van der Waals surface area contributed by atoms with Crippen LogP contribution in [0.1, 0.15) is 12.8 Å². The smallest absolute Gasteiger partial charge is 0.225 e. The molecule has 0 atom stereocenters. The molecular weight excluding hydrogens is 264 g/mol. The molecule has 3 heterocycles. The van der Waals surface area contributed by atoms with Gasteiger partial charge in [-0.1, -0.05) is 6.07 Å². The van der Waals surface area contributed by atoms with Crippen LogP contribution in [0.5, 0.6) is 0 Å². The molecule has 4 rings (SSSR count). The summed E-state index contributed by atoms with van der Waals surface area (Å²) in [6.07, 6.45) is 4.08. The van der Waals surface area contributed by atoms with Crippen LogP contribution in [0.25, 0.3) is 0 Å². The molecule has 21 heavy (non-hydrogen) atoms. The zero-order valence-electron chi connectivity index (χ0n) is 12.3. The number of carbonyl (C=O) groups is 1. The molecule has 0 spiro atoms. The molecule has 5 nitrogen and oxygen atoms in total. The third-order valence-electron chi connectivity index (χ3n) is 4.90. The van der Waals surface area contributed by atoms with E-state index >= 15 is 0 Å². The summed E-state index contributed by atoms with van der Waals surface area (Å²) in [6, 6.07) is 6.66. The molecule has 0 N–H and O–H groups in total. The van der Waals surface area contributed by atoms with Crippen LogP contribution in [0.2, 0.25) is 0 Å². The standard InChI is InChI=1S/C16H22N4O/c21-16(13-4-5-13)20-11-14(12-20)18-7-9-19(10-8-18)15-3-1-2-6-17-15/h1-3,6,13-14H,4-5,7-12H2. The highest BCUT2D eigenvalue weighted by atomic mass is 16.2. The zero-order chi connectivity index (χ0) is 14.2. The van der Waals surface area contributed by atoms with Gasteiger partial charge in [0, 0.05) is 57.4 Å². The SMILES string of the molecule is O=C(C1CC1)N1CC(N2CCN(c3ccccn3)CC2)C1. The maximum Gasteiger partial charge on any atom is 0.225 e. The van der Waals surface area contributed by atoms with Gasteiger partial charge in [0.2, 0.25) is 5.91 Å². The summed E-state index contributed by atoms with van der Waals surface area (Å²) < 4.78 is 0. The third-order valence-corrected chi connectivity index (χ3v) is 4.90. The first kappa shape index (κ1) is 13.1. The van der Waals surface area contributed by atoms with E-state index in [4.69, 9.17) is 0 Å². The second-order valence-corrected chi connectivity index (χ2v) is 6.38. The number of carbonyl (C=O) groups excluding carboxylic acids is 1. The molecule has 5 heteroatoms. The Bertz CT molecular complexity index is 502. The van der Waals surface area contributed by atoms with Crippen LogP contribution in [0, 0.1) is 5.92 Å². The summed E-state index contributed by atoms with van der Waals surface area (Å²) in [6.45, 7) is 6.10. The van der Waals surface area contributed by atoms with E-state index in [9.17, 15) is 4.79 Å². The number of likely N-dealkylation sites (tertiary alicyclic amines) is 1. The van der Waals surface area contributed by atoms with E-state index in [1.54, 1.807) is 0 Å². The third kappa shape index (κ3) is 2.62. The maximum absolute atomic E-state index is 11.9. The van der Waals surface area contributed by atoms with Gasteiger partial charge in [0.05, 0.1) is 0 Å². The molecular formula is C16H22N4O. The van der Waals surface area contributed by atoms with Crippen LogP contribution >= 0.6 is 0 Å². The highest BCUT2D eigenvalue weighted by molar-refractivity contribution is 5.81. The second kappa shape index (κ2) is 5.30. The molecule has 0 radical (unpaired) electrons. The first-order valence-electron chi connectivity index (χ1n) is 8.00. The summed E-state index contributed by atoms with van der Waals surface area (Å²) in [7, 11) is 0. The lowest BCUT2D eigenvalue weighted by molar-refractivity contribution is -0.140. The van der Waals surface area contributed by atoms with Gasteiger partial charge in [-0.2, -0.15) is 0 Å². The summed E-state index contributed by atoms with van der Waals surface area (Å²) >= 11 is 0. The number of hydrogen-bond acceptors (Lipinski definition) is 4. The van der Waals surface area contributed by atoms with Gasteiger partial charge < -0.3 is 9.80 Å². The highest BCUT2D eigenvalue weighted by Gasteiger charge is 2.41. The van der Waals surface area contributed by atoms with Crippen molar-refractivity contribution in [2.24, 2.45) is 5.92 Å². The van der Waals surface area contributed by atoms with Crippen LogP contribution < -0.4 is 4.90 Å². The Hall–Kier alpha value is -1.62. The monoisotopic (exact) mass is 286 g/mol. The molecule has 3 fully saturated rings. The molecule has 1 aromatic rings. The largest absolute Gasteiger partial charge is 0.354 e. The molecule has 0 aromatic carbocycles. The quantitative estimate of drug-likeness (QED) is 0.825. The van der Waals surface area contributed by atoms with Crippen LogP contribution in [0.15, 0.2) is 24.4 Å². The minimum atomic E-state index is 0.368. The predicted octanol–water partition coefficient (Wildman–Crippen LogP) is 0.824. The molecule has 1 aromatic heterocycles. The number of rotatable bonds is 3. The van der Waals surface area contributed by atoms with Crippen molar-refractivity contribution in [3.05, 3.63) is 24.4 Å². The van der Waals surface area contributed by atoms with Gasteiger partial charge in [-0.25, -0.2) is 4.98 Å². The molecule has 2 saturated heterocycles. The lowest BCUT2D eigenvalue weighted by atomic mass is 10.0. The summed E-state index contributed by atoms with van der Waals surface area (Å²) in [5.41, 5.74) is 0. The number of pyridine rings is 1. The topological polar surface area (TPSA) is 39.7 Å². The van der Waals surface area contributed by atoms with Crippen molar-refractivity contribution in [1.29, 1.82) is 0 Å². The van der Waals surface area contributed by atoms with Crippen molar-refractivity contribution in [3.8, 4) is 0 Å². The van der Waals surface area contributed by atoms with Crippen molar-refractivity contribution in [2.45, 2.75) is 18.9 Å². The lowest BCUT2D eigenvalue weighted by Gasteiger charge is -2.48. The Balaban J connectivity index is 1.26. The Labute approximate surface area is 125 Å². The number of amides is 1. The number of piperazine rings is 1. The van der Waals surface area contributed by atoms with Crippen molar-refractivity contribution < 1.29 is 4.79 Å². The van der Waals surface area contributed by atoms with Gasteiger partial charge in [-0.3, -0.25) is 9.69 Å². The zero-order valence-corrected chi connectivity index (χ0v) is 12.3. The van der Waals surface area contributed by atoms with E-state index in [1.165, 1.54) is 0 Å². The average Bonchev–Trinajstić information content (AvgIpc) is 3.32. The molecule has 3 aliphatic rings. The van der Waals surface area contributed by atoms with Gasteiger partial charge in [-0.15, -0.1) is 0 Å². The van der Waals surface area contributed by atoms with Crippen molar-refractivity contribution >= 4 is 11.7 Å². The summed E-state index contributed by atoms with van der Waals surface area (Å²) in [5.74, 6) is 1.85.